The fourth-order valence-electron chi connectivity index (χ4n) is 1.36. The van der Waals surface area contributed by atoms with Gasteiger partial charge in [0.2, 0.25) is 0 Å². The van der Waals surface area contributed by atoms with Gasteiger partial charge in [-0.2, -0.15) is 0 Å². The van der Waals surface area contributed by atoms with E-state index in [9.17, 15) is 8.78 Å². The second kappa shape index (κ2) is 5.29. The van der Waals surface area contributed by atoms with Crippen molar-refractivity contribution in [1.29, 1.82) is 0 Å². The minimum Gasteiger partial charge on any atom is -0.233 e. The first-order valence-corrected chi connectivity index (χ1v) is 6.50. The lowest BCUT2D eigenvalue weighted by molar-refractivity contribution is 0.584. The zero-order valence-electron chi connectivity index (χ0n) is 8.45. The zero-order valence-corrected chi connectivity index (χ0v) is 12.3. The second-order valence-electron chi connectivity index (χ2n) is 3.31. The van der Waals surface area contributed by atoms with Crippen LogP contribution in [0.2, 0.25) is 15.2 Å². The van der Waals surface area contributed by atoms with Crippen LogP contribution < -0.4 is 0 Å². The predicted molar refractivity (Wildman–Crippen MR) is 72.3 cm³/mol. The summed E-state index contributed by atoms with van der Waals surface area (Å²) in [5.41, 5.74) is -0.449. The first-order valence-electron chi connectivity index (χ1n) is 4.57. The summed E-state index contributed by atoms with van der Waals surface area (Å²) in [5.74, 6) is -1.59. The summed E-state index contributed by atoms with van der Waals surface area (Å²) in [6.07, 6.45) is 0. The minimum atomic E-state index is -0.803. The lowest BCUT2D eigenvalue weighted by Gasteiger charge is -2.09. The third kappa shape index (κ3) is 2.48. The van der Waals surface area contributed by atoms with Crippen LogP contribution >= 0.6 is 50.7 Å². The van der Waals surface area contributed by atoms with E-state index < -0.39 is 11.6 Å². The summed E-state index contributed by atoms with van der Waals surface area (Å²) < 4.78 is 27.7. The van der Waals surface area contributed by atoms with E-state index >= 15 is 0 Å². The van der Waals surface area contributed by atoms with Gasteiger partial charge in [0.1, 0.15) is 16.8 Å². The first kappa shape index (κ1) is 14.0. The van der Waals surface area contributed by atoms with Crippen LogP contribution in [0.25, 0.3) is 11.3 Å². The first-order chi connectivity index (χ1) is 8.41. The number of nitrogens with zero attached hydrogens (tertiary/aromatic N) is 1. The van der Waals surface area contributed by atoms with Crippen LogP contribution in [0.15, 0.2) is 22.7 Å². The average molecular weight is 373 g/mol. The largest absolute Gasteiger partial charge is 0.233 e. The van der Waals surface area contributed by atoms with Crippen molar-refractivity contribution in [3.63, 3.8) is 0 Å². The SMILES string of the molecule is Fc1ccc(Br)c(F)c1-c1nc(Cl)c(Cl)cc1Cl. The van der Waals surface area contributed by atoms with Crippen LogP contribution in [0, 0.1) is 11.6 Å². The average Bonchev–Trinajstić information content (AvgIpc) is 2.31. The summed E-state index contributed by atoms with van der Waals surface area (Å²) in [5, 5.41) is 0.0522. The van der Waals surface area contributed by atoms with E-state index in [0.29, 0.717) is 0 Å². The zero-order chi connectivity index (χ0) is 13.4. The Morgan fingerprint density at radius 1 is 1.06 bits per heavy atom. The summed E-state index contributed by atoms with van der Waals surface area (Å²) >= 11 is 20.3. The molecule has 7 heteroatoms. The fourth-order valence-corrected chi connectivity index (χ4v) is 2.29. The maximum atomic E-state index is 13.9. The molecule has 1 aromatic carbocycles. The van der Waals surface area contributed by atoms with Gasteiger partial charge in [-0.15, -0.1) is 0 Å². The molecule has 0 spiro atoms. The van der Waals surface area contributed by atoms with Gasteiger partial charge >= 0.3 is 0 Å². The Bertz CT molecular complexity index is 634. The van der Waals surface area contributed by atoms with E-state index in [4.69, 9.17) is 34.8 Å². The van der Waals surface area contributed by atoms with Crippen LogP contribution in [-0.2, 0) is 0 Å². The van der Waals surface area contributed by atoms with Gasteiger partial charge < -0.3 is 0 Å². The third-order valence-electron chi connectivity index (χ3n) is 2.17. The van der Waals surface area contributed by atoms with Gasteiger partial charge in [0.25, 0.3) is 0 Å². The number of aromatic nitrogens is 1. The number of hydrogen-bond donors (Lipinski definition) is 0. The Kier molecular flexibility index (Phi) is 4.11. The molecule has 18 heavy (non-hydrogen) atoms. The Balaban J connectivity index is 2.77. The molecule has 2 rings (SSSR count). The molecular weight excluding hydrogens is 370 g/mol. The highest BCUT2D eigenvalue weighted by atomic mass is 79.9. The molecule has 0 atom stereocenters. The standard InChI is InChI=1S/C11H3BrCl3F2N/c12-4-1-2-7(16)8(9(4)17)10-5(13)3-6(14)11(15)18-10/h1-3H. The molecule has 0 bridgehead atoms. The van der Waals surface area contributed by atoms with E-state index in [2.05, 4.69) is 20.9 Å². The van der Waals surface area contributed by atoms with Crippen molar-refractivity contribution >= 4 is 50.7 Å². The number of hydrogen-bond acceptors (Lipinski definition) is 1. The molecule has 0 radical (unpaired) electrons. The Hall–Kier alpha value is -0.420. The molecule has 0 N–H and O–H groups in total. The number of benzene rings is 1. The van der Waals surface area contributed by atoms with Crippen molar-refractivity contribution in [3.8, 4) is 11.3 Å². The molecule has 0 saturated carbocycles. The van der Waals surface area contributed by atoms with Crippen LogP contribution in [-0.4, -0.2) is 4.98 Å². The molecule has 2 aromatic rings. The maximum Gasteiger partial charge on any atom is 0.149 e. The van der Waals surface area contributed by atoms with Gasteiger partial charge in [-0.1, -0.05) is 34.8 Å². The molecule has 1 heterocycles. The van der Waals surface area contributed by atoms with Gasteiger partial charge in [0.15, 0.2) is 0 Å². The highest BCUT2D eigenvalue weighted by Crippen LogP contribution is 2.36. The highest BCUT2D eigenvalue weighted by molar-refractivity contribution is 9.10. The Labute approximate surface area is 125 Å². The number of pyridine rings is 1. The molecule has 0 aliphatic carbocycles. The molecule has 0 fully saturated rings. The van der Waals surface area contributed by atoms with Crippen molar-refractivity contribution in [3.05, 3.63) is 49.5 Å². The fraction of sp³-hybridized carbons (Fsp3) is 0. The summed E-state index contributed by atoms with van der Waals surface area (Å²) in [7, 11) is 0. The summed E-state index contributed by atoms with van der Waals surface area (Å²) in [6, 6.07) is 3.64. The summed E-state index contributed by atoms with van der Waals surface area (Å²) in [4.78, 5) is 3.81. The van der Waals surface area contributed by atoms with E-state index in [0.717, 1.165) is 6.07 Å². The third-order valence-corrected chi connectivity index (χ3v) is 3.74. The Morgan fingerprint density at radius 3 is 2.39 bits per heavy atom. The quantitative estimate of drug-likeness (QED) is 0.458. The van der Waals surface area contributed by atoms with Gasteiger partial charge in [-0.3, -0.25) is 0 Å². The molecule has 0 saturated heterocycles. The predicted octanol–water partition coefficient (Wildman–Crippen LogP) is 5.75. The van der Waals surface area contributed by atoms with E-state index in [1.807, 2.05) is 0 Å². The van der Waals surface area contributed by atoms with Crippen molar-refractivity contribution in [2.45, 2.75) is 0 Å². The van der Waals surface area contributed by atoms with E-state index in [1.54, 1.807) is 0 Å². The number of halogens is 6. The van der Waals surface area contributed by atoms with Crippen molar-refractivity contribution in [2.75, 3.05) is 0 Å². The smallest absolute Gasteiger partial charge is 0.149 e. The van der Waals surface area contributed by atoms with Crippen molar-refractivity contribution < 1.29 is 8.78 Å². The van der Waals surface area contributed by atoms with Gasteiger partial charge in [-0.25, -0.2) is 13.8 Å². The van der Waals surface area contributed by atoms with Crippen LogP contribution in [0.1, 0.15) is 0 Å². The second-order valence-corrected chi connectivity index (χ2v) is 5.34. The van der Waals surface area contributed by atoms with Gasteiger partial charge in [-0.05, 0) is 34.1 Å². The van der Waals surface area contributed by atoms with E-state index in [-0.39, 0.29) is 30.9 Å². The van der Waals surface area contributed by atoms with Crippen LogP contribution in [0.5, 0.6) is 0 Å². The molecular formula is C11H3BrCl3F2N. The van der Waals surface area contributed by atoms with Gasteiger partial charge in [0.05, 0.1) is 25.8 Å². The van der Waals surface area contributed by atoms with Crippen molar-refractivity contribution in [2.24, 2.45) is 0 Å². The lowest BCUT2D eigenvalue weighted by Crippen LogP contribution is -1.95. The molecule has 0 amide bonds. The topological polar surface area (TPSA) is 12.9 Å². The normalized spacial score (nSPS) is 10.8. The number of rotatable bonds is 1. The molecule has 1 aromatic heterocycles. The summed E-state index contributed by atoms with van der Waals surface area (Å²) in [6.45, 7) is 0. The highest BCUT2D eigenvalue weighted by Gasteiger charge is 2.19. The van der Waals surface area contributed by atoms with Crippen LogP contribution in [0.4, 0.5) is 8.78 Å². The Morgan fingerprint density at radius 2 is 1.72 bits per heavy atom. The minimum absolute atomic E-state index is 0.0142. The molecule has 0 aliphatic rings. The van der Waals surface area contributed by atoms with E-state index in [1.165, 1.54) is 12.1 Å². The molecule has 94 valence electrons. The molecule has 0 unspecified atom stereocenters. The van der Waals surface area contributed by atoms with Crippen LogP contribution in [0.3, 0.4) is 0 Å². The molecule has 0 aliphatic heterocycles. The molecule has 1 nitrogen and oxygen atoms in total. The lowest BCUT2D eigenvalue weighted by atomic mass is 10.1. The van der Waals surface area contributed by atoms with Crippen molar-refractivity contribution in [1.82, 2.24) is 4.98 Å². The maximum absolute atomic E-state index is 13.9. The van der Waals surface area contributed by atoms with Gasteiger partial charge in [0, 0.05) is 0 Å². The monoisotopic (exact) mass is 371 g/mol.